The van der Waals surface area contributed by atoms with Gasteiger partial charge in [0.25, 0.3) is 0 Å². The number of aliphatic hydroxyl groups is 1. The average Bonchev–Trinajstić information content (AvgIpc) is 2.42. The third-order valence-corrected chi connectivity index (χ3v) is 2.57. The van der Waals surface area contributed by atoms with Gasteiger partial charge in [0.1, 0.15) is 5.60 Å². The lowest BCUT2D eigenvalue weighted by molar-refractivity contribution is -0.132. The molecule has 0 aliphatic heterocycles. The number of anilines is 1. The molecule has 124 valence electrons. The van der Waals surface area contributed by atoms with Crippen molar-refractivity contribution in [3.8, 4) is 0 Å². The summed E-state index contributed by atoms with van der Waals surface area (Å²) in [5, 5.41) is 20.3. The smallest absolute Gasteiger partial charge is 0.412 e. The zero-order chi connectivity index (χ0) is 17.5. The van der Waals surface area contributed by atoms with Crippen molar-refractivity contribution in [2.75, 3.05) is 11.9 Å². The summed E-state index contributed by atoms with van der Waals surface area (Å²) in [7, 11) is 0. The minimum Gasteiger partial charge on any atom is -0.478 e. The van der Waals surface area contributed by atoms with E-state index in [9.17, 15) is 9.59 Å². The highest BCUT2D eigenvalue weighted by Gasteiger charge is 2.15. The van der Waals surface area contributed by atoms with Gasteiger partial charge in [0.15, 0.2) is 0 Å². The molecule has 6 nitrogen and oxygen atoms in total. The number of nitrogens with one attached hydrogen (secondary N) is 1. The topological polar surface area (TPSA) is 95.9 Å². The molecule has 0 aliphatic carbocycles. The molecular formula is C17H21NO5. The normalized spacial score (nSPS) is 12.3. The van der Waals surface area contributed by atoms with Crippen molar-refractivity contribution in [1.29, 1.82) is 0 Å². The number of aliphatic carboxylic acids is 1. The SMILES string of the molecule is CC(C)(C)OC(=O)Nc1ccc(/C=C/C(=C\CO)C(=O)O)cc1. The second-order valence-electron chi connectivity index (χ2n) is 5.73. The Morgan fingerprint density at radius 2 is 1.83 bits per heavy atom. The zero-order valence-electron chi connectivity index (χ0n) is 13.4. The Bertz CT molecular complexity index is 609. The summed E-state index contributed by atoms with van der Waals surface area (Å²) < 4.78 is 5.14. The van der Waals surface area contributed by atoms with Crippen molar-refractivity contribution in [3.63, 3.8) is 0 Å². The van der Waals surface area contributed by atoms with Gasteiger partial charge in [-0.3, -0.25) is 5.32 Å². The third-order valence-electron chi connectivity index (χ3n) is 2.57. The second kappa shape index (κ2) is 8.14. The van der Waals surface area contributed by atoms with Gasteiger partial charge in [-0.25, -0.2) is 9.59 Å². The van der Waals surface area contributed by atoms with Crippen LogP contribution in [-0.4, -0.2) is 34.5 Å². The fraction of sp³-hybridized carbons (Fsp3) is 0.294. The molecule has 0 spiro atoms. The predicted octanol–water partition coefficient (Wildman–Crippen LogP) is 3.05. The number of amides is 1. The van der Waals surface area contributed by atoms with E-state index in [0.717, 1.165) is 5.56 Å². The summed E-state index contributed by atoms with van der Waals surface area (Å²) in [6.07, 6.45) is 3.67. The number of carboxylic acid groups (broad SMARTS) is 1. The summed E-state index contributed by atoms with van der Waals surface area (Å²) >= 11 is 0. The molecule has 6 heteroatoms. The highest BCUT2D eigenvalue weighted by Crippen LogP contribution is 2.14. The summed E-state index contributed by atoms with van der Waals surface area (Å²) in [5.41, 5.74) is 0.757. The third kappa shape index (κ3) is 7.28. The monoisotopic (exact) mass is 319 g/mol. The first-order valence-corrected chi connectivity index (χ1v) is 7.04. The number of hydrogen-bond acceptors (Lipinski definition) is 4. The summed E-state index contributed by atoms with van der Waals surface area (Å²) in [5.74, 6) is -1.11. The molecular weight excluding hydrogens is 298 g/mol. The standard InChI is InChI=1S/C17H21NO5/c1-17(2,3)23-16(22)18-14-8-5-12(6-9-14)4-7-13(10-11-19)15(20)21/h4-10,19H,11H2,1-3H3,(H,18,22)(H,20,21)/b7-4+,13-10+. The van der Waals surface area contributed by atoms with Gasteiger partial charge in [-0.1, -0.05) is 18.2 Å². The van der Waals surface area contributed by atoms with E-state index in [4.69, 9.17) is 14.9 Å². The first-order valence-electron chi connectivity index (χ1n) is 7.04. The van der Waals surface area contributed by atoms with Crippen molar-refractivity contribution >= 4 is 23.8 Å². The van der Waals surface area contributed by atoms with Gasteiger partial charge in [-0.05, 0) is 50.6 Å². The van der Waals surface area contributed by atoms with Gasteiger partial charge < -0.3 is 14.9 Å². The van der Waals surface area contributed by atoms with E-state index in [1.807, 2.05) is 0 Å². The number of carboxylic acids is 1. The van der Waals surface area contributed by atoms with Crippen LogP contribution in [0.15, 0.2) is 42.0 Å². The Labute approximate surface area is 135 Å². The van der Waals surface area contributed by atoms with Gasteiger partial charge in [0, 0.05) is 5.69 Å². The van der Waals surface area contributed by atoms with E-state index in [2.05, 4.69) is 5.32 Å². The number of ether oxygens (including phenoxy) is 1. The molecule has 1 aromatic rings. The van der Waals surface area contributed by atoms with Crippen molar-refractivity contribution in [2.24, 2.45) is 0 Å². The predicted molar refractivity (Wildman–Crippen MR) is 88.1 cm³/mol. The maximum atomic E-state index is 11.6. The minimum atomic E-state index is -1.11. The van der Waals surface area contributed by atoms with Crippen molar-refractivity contribution in [3.05, 3.63) is 47.6 Å². The molecule has 1 aromatic carbocycles. The maximum Gasteiger partial charge on any atom is 0.412 e. The van der Waals surface area contributed by atoms with E-state index in [-0.39, 0.29) is 12.2 Å². The van der Waals surface area contributed by atoms with Crippen molar-refractivity contribution in [1.82, 2.24) is 0 Å². The number of carbonyl (C=O) groups is 2. The number of carbonyl (C=O) groups excluding carboxylic acids is 1. The molecule has 0 fully saturated rings. The lowest BCUT2D eigenvalue weighted by atomic mass is 10.1. The van der Waals surface area contributed by atoms with Crippen LogP contribution in [0.5, 0.6) is 0 Å². The molecule has 0 unspecified atom stereocenters. The number of aliphatic hydroxyl groups excluding tert-OH is 1. The van der Waals surface area contributed by atoms with Crippen LogP contribution in [0.4, 0.5) is 10.5 Å². The fourth-order valence-corrected chi connectivity index (χ4v) is 1.61. The first-order chi connectivity index (χ1) is 10.7. The highest BCUT2D eigenvalue weighted by atomic mass is 16.6. The van der Waals surface area contributed by atoms with E-state index < -0.39 is 17.7 Å². The molecule has 3 N–H and O–H groups in total. The summed E-state index contributed by atoms with van der Waals surface area (Å²) in [6, 6.07) is 6.81. The van der Waals surface area contributed by atoms with Gasteiger partial charge in [-0.2, -0.15) is 0 Å². The molecule has 0 atom stereocenters. The molecule has 0 saturated carbocycles. The number of hydrogen-bond donors (Lipinski definition) is 3. The molecule has 0 bridgehead atoms. The Kier molecular flexibility index (Phi) is 6.53. The number of benzene rings is 1. The van der Waals surface area contributed by atoms with Crippen LogP contribution < -0.4 is 5.32 Å². The molecule has 0 radical (unpaired) electrons. The molecule has 0 heterocycles. The Balaban J connectivity index is 2.72. The molecule has 0 saturated heterocycles. The second-order valence-corrected chi connectivity index (χ2v) is 5.73. The minimum absolute atomic E-state index is 0.00320. The fourth-order valence-electron chi connectivity index (χ4n) is 1.61. The Hall–Kier alpha value is -2.60. The lowest BCUT2D eigenvalue weighted by Crippen LogP contribution is -2.27. The molecule has 0 aliphatic rings. The largest absolute Gasteiger partial charge is 0.478 e. The van der Waals surface area contributed by atoms with Crippen LogP contribution in [0.25, 0.3) is 6.08 Å². The highest BCUT2D eigenvalue weighted by molar-refractivity contribution is 5.91. The lowest BCUT2D eigenvalue weighted by Gasteiger charge is -2.19. The van der Waals surface area contributed by atoms with Gasteiger partial charge >= 0.3 is 12.1 Å². The van der Waals surface area contributed by atoms with Crippen LogP contribution >= 0.6 is 0 Å². The Morgan fingerprint density at radius 3 is 2.30 bits per heavy atom. The van der Waals surface area contributed by atoms with Crippen LogP contribution in [0.1, 0.15) is 26.3 Å². The van der Waals surface area contributed by atoms with Crippen LogP contribution in [0, 0.1) is 0 Å². The Morgan fingerprint density at radius 1 is 1.22 bits per heavy atom. The zero-order valence-corrected chi connectivity index (χ0v) is 13.4. The molecule has 23 heavy (non-hydrogen) atoms. The summed E-state index contributed by atoms with van der Waals surface area (Å²) in [4.78, 5) is 22.5. The van der Waals surface area contributed by atoms with E-state index in [1.54, 1.807) is 51.1 Å². The molecule has 0 aromatic heterocycles. The average molecular weight is 319 g/mol. The van der Waals surface area contributed by atoms with Crippen LogP contribution in [-0.2, 0) is 9.53 Å². The van der Waals surface area contributed by atoms with Crippen LogP contribution in [0.2, 0.25) is 0 Å². The quantitative estimate of drug-likeness (QED) is 0.572. The van der Waals surface area contributed by atoms with E-state index in [1.165, 1.54) is 12.2 Å². The van der Waals surface area contributed by atoms with Gasteiger partial charge in [0.05, 0.1) is 12.2 Å². The van der Waals surface area contributed by atoms with E-state index in [0.29, 0.717) is 5.69 Å². The first kappa shape index (κ1) is 18.4. The van der Waals surface area contributed by atoms with E-state index >= 15 is 0 Å². The maximum absolute atomic E-state index is 11.6. The molecule has 1 amide bonds. The van der Waals surface area contributed by atoms with Gasteiger partial charge in [0.2, 0.25) is 0 Å². The van der Waals surface area contributed by atoms with Gasteiger partial charge in [-0.15, -0.1) is 0 Å². The van der Waals surface area contributed by atoms with Crippen LogP contribution in [0.3, 0.4) is 0 Å². The van der Waals surface area contributed by atoms with Crippen molar-refractivity contribution in [2.45, 2.75) is 26.4 Å². The summed E-state index contributed by atoms with van der Waals surface area (Å²) in [6.45, 7) is 4.99. The number of rotatable bonds is 5. The molecule has 1 rings (SSSR count). The van der Waals surface area contributed by atoms with Crippen molar-refractivity contribution < 1.29 is 24.5 Å².